The lowest BCUT2D eigenvalue weighted by Crippen LogP contribution is -2.33. The fourth-order valence-electron chi connectivity index (χ4n) is 5.83. The molecule has 0 amide bonds. The van der Waals surface area contributed by atoms with Gasteiger partial charge < -0.3 is 47.5 Å². The summed E-state index contributed by atoms with van der Waals surface area (Å²) in [5.41, 5.74) is 0.0540. The van der Waals surface area contributed by atoms with Gasteiger partial charge in [-0.2, -0.15) is 0 Å². The Hall–Kier alpha value is -0.620. The molecule has 0 aliphatic heterocycles. The van der Waals surface area contributed by atoms with E-state index >= 15 is 0 Å². The average molecular weight is 1210 g/mol. The zero-order valence-corrected chi connectivity index (χ0v) is 55.5. The van der Waals surface area contributed by atoms with Gasteiger partial charge in [0.2, 0.25) is 0 Å². The predicted octanol–water partition coefficient (Wildman–Crippen LogP) is 21.9. The van der Waals surface area contributed by atoms with Gasteiger partial charge in [-0.25, -0.2) is 0 Å². The molecule has 522 valence electrons. The van der Waals surface area contributed by atoms with Crippen LogP contribution in [0.2, 0.25) is 0 Å². The lowest BCUT2D eigenvalue weighted by Gasteiger charge is -2.29. The van der Waals surface area contributed by atoms with Crippen molar-refractivity contribution < 1.29 is 60.9 Å². The molecule has 0 heterocycles. The normalized spacial score (nSPS) is 11.5. The van der Waals surface area contributed by atoms with Gasteiger partial charge in [-0.3, -0.25) is 9.47 Å². The molecule has 1 unspecified atom stereocenters. The predicted molar refractivity (Wildman–Crippen MR) is 366 cm³/mol. The minimum Gasteiger partial charge on any atom is -0.377 e. The van der Waals surface area contributed by atoms with Crippen LogP contribution in [0.3, 0.4) is 0 Å². The molecule has 0 aliphatic rings. The van der Waals surface area contributed by atoms with Crippen LogP contribution in [0.4, 0.5) is 8.78 Å². The third kappa shape index (κ3) is 129. The van der Waals surface area contributed by atoms with Crippen LogP contribution in [0.1, 0.15) is 307 Å². The molecule has 0 radical (unpaired) electrons. The highest BCUT2D eigenvalue weighted by atomic mass is 19.3. The first-order valence-electron chi connectivity index (χ1n) is 28.5. The second kappa shape index (κ2) is 71.1. The molecule has 82 heavy (non-hydrogen) atoms. The molecule has 0 aromatic carbocycles. The van der Waals surface area contributed by atoms with Crippen molar-refractivity contribution in [2.45, 2.75) is 404 Å². The van der Waals surface area contributed by atoms with Gasteiger partial charge in [-0.05, 0) is 239 Å². The van der Waals surface area contributed by atoms with E-state index in [2.05, 4.69) is 125 Å². The summed E-state index contributed by atoms with van der Waals surface area (Å²) in [5.74, 6) is 1.07. The van der Waals surface area contributed by atoms with E-state index in [0.717, 1.165) is 37.8 Å². The Balaban J connectivity index is -0.0000000484. The van der Waals surface area contributed by atoms with Gasteiger partial charge in [-0.15, -0.1) is 8.78 Å². The summed E-state index contributed by atoms with van der Waals surface area (Å²) in [7, 11) is 2.12. The number of nitrogens with zero attached hydrogens (tertiary/aromatic N) is 1. The van der Waals surface area contributed by atoms with Gasteiger partial charge in [0.05, 0.1) is 98.7 Å². The van der Waals surface area contributed by atoms with Crippen molar-refractivity contribution in [1.82, 2.24) is 4.90 Å². The van der Waals surface area contributed by atoms with E-state index in [9.17, 15) is 8.78 Å². The largest absolute Gasteiger partial charge is 0.485 e. The van der Waals surface area contributed by atoms with Crippen LogP contribution in [0.15, 0.2) is 0 Å². The summed E-state index contributed by atoms with van der Waals surface area (Å²) in [4.78, 5) is 2.28. The van der Waals surface area contributed by atoms with Crippen LogP contribution in [0.5, 0.6) is 0 Å². The maximum absolute atomic E-state index is 12.5. The van der Waals surface area contributed by atoms with Crippen LogP contribution in [0, 0.1) is 11.8 Å². The Bertz CT molecular complexity index is 1040. The smallest absolute Gasteiger partial charge is 0.377 e. The summed E-state index contributed by atoms with van der Waals surface area (Å²) in [6, 6.07) is 0.616. The molecule has 12 nitrogen and oxygen atoms in total. The Kier molecular flexibility index (Phi) is 104. The second-order valence-electron chi connectivity index (χ2n) is 23.9. The van der Waals surface area contributed by atoms with Crippen molar-refractivity contribution in [3.05, 3.63) is 0 Å². The molecule has 14 heteroatoms. The number of alkyl halides is 2. The Morgan fingerprint density at radius 1 is 0.354 bits per heavy atom. The van der Waals surface area contributed by atoms with Crippen molar-refractivity contribution in [1.29, 1.82) is 0 Å². The highest BCUT2D eigenvalue weighted by Crippen LogP contribution is 2.22. The highest BCUT2D eigenvalue weighted by molar-refractivity contribution is 4.70. The first-order valence-corrected chi connectivity index (χ1v) is 28.5. The molecule has 0 bridgehead atoms. The van der Waals surface area contributed by atoms with Gasteiger partial charge in [0, 0.05) is 12.6 Å². The molecular formula is C68H165F2NO11. The molecule has 0 saturated heterocycles. The van der Waals surface area contributed by atoms with E-state index in [1.165, 1.54) is 34.1 Å². The van der Waals surface area contributed by atoms with Gasteiger partial charge in [0.15, 0.2) is 5.79 Å². The minimum atomic E-state index is -3.46. The van der Waals surface area contributed by atoms with Gasteiger partial charge in [0.1, 0.15) is 6.79 Å². The molecule has 1 atom stereocenters. The summed E-state index contributed by atoms with van der Waals surface area (Å²) in [6.45, 7) is 70.0. The molecule has 0 rings (SSSR count). The van der Waals surface area contributed by atoms with Gasteiger partial charge in [-0.1, -0.05) is 87.1 Å². The number of hydrogen-bond acceptors (Lipinski definition) is 12. The van der Waals surface area contributed by atoms with Crippen LogP contribution in [0.25, 0.3) is 0 Å². The van der Waals surface area contributed by atoms with Crippen molar-refractivity contribution in [2.75, 3.05) is 40.2 Å². The summed E-state index contributed by atoms with van der Waals surface area (Å²) >= 11 is 0. The van der Waals surface area contributed by atoms with Crippen LogP contribution in [-0.2, 0) is 52.1 Å². The van der Waals surface area contributed by atoms with E-state index in [1.54, 1.807) is 0 Å². The Morgan fingerprint density at radius 2 is 0.646 bits per heavy atom. The van der Waals surface area contributed by atoms with Gasteiger partial charge >= 0.3 is 6.29 Å². The molecule has 0 saturated carbocycles. The van der Waals surface area contributed by atoms with Crippen LogP contribution >= 0.6 is 0 Å². The zero-order valence-electron chi connectivity index (χ0n) is 55.5. The Labute approximate surface area is 520 Å². The maximum Gasteiger partial charge on any atom is 0.485 e. The van der Waals surface area contributed by atoms with Crippen molar-refractivity contribution in [2.24, 2.45) is 11.8 Å². The summed E-state index contributed by atoms with van der Waals surface area (Å²) in [5, 5.41) is 0. The van der Waals surface area contributed by atoms with Crippen LogP contribution in [-0.4, -0.2) is 142 Å². The third-order valence-corrected chi connectivity index (χ3v) is 8.54. The second-order valence-corrected chi connectivity index (χ2v) is 23.9. The van der Waals surface area contributed by atoms with E-state index in [0.29, 0.717) is 62.7 Å². The monoisotopic (exact) mass is 1210 g/mol. The third-order valence-electron chi connectivity index (χ3n) is 8.54. The topological polar surface area (TPSA) is 105 Å². The average Bonchev–Trinajstić information content (AvgIpc) is 3.13. The summed E-state index contributed by atoms with van der Waals surface area (Å²) < 4.78 is 82.0. The Morgan fingerprint density at radius 3 is 0.878 bits per heavy atom. The summed E-state index contributed by atoms with van der Waals surface area (Å²) in [6.07, 6.45) is 2.11. The standard InChI is InChI=1S/C11H24O.C9H21NO.C9H20O2.C9H20O.C8H18O2.C7H14F2O2.C7H16O2.8CH4/c1-9(2)7-8-11(5,6)12-10(3)4;1-8(2)10(5)6-7-11-9(3)4;1-7(2)10-9(5,6)11-8(3)4;1-7(2)6-9(5)10-8(3)4;1-7(2)9-5-6-10-8(3)4;1-5(2)10-7(8,9)11-6(3)4;1-6(2)8-5-9-7(3)4;;;;;;;;/h9-10H,7-8H2,1-6H3;8-9H,6-7H2,1-5H3;7-8H,1-6H3;7-9H,6H2,1-5H3;7-8H,5-6H2,1-4H3;5-6H,1-4H3;6-7H,5H2,1-4H3;8*1H4. The molecule has 0 fully saturated rings. The van der Waals surface area contributed by atoms with Crippen LogP contribution < -0.4 is 0 Å². The molecule has 0 aliphatic carbocycles. The van der Waals surface area contributed by atoms with Gasteiger partial charge in [0.25, 0.3) is 0 Å². The quantitative estimate of drug-likeness (QED) is 0.0488. The highest BCUT2D eigenvalue weighted by Gasteiger charge is 2.34. The lowest BCUT2D eigenvalue weighted by atomic mass is 9.97. The van der Waals surface area contributed by atoms with E-state index in [-0.39, 0.29) is 89.4 Å². The van der Waals surface area contributed by atoms with Crippen molar-refractivity contribution in [3.8, 4) is 0 Å². The molecular weight excluding hydrogens is 1040 g/mol. The van der Waals surface area contributed by atoms with E-state index in [1.807, 2.05) is 96.9 Å². The lowest BCUT2D eigenvalue weighted by molar-refractivity contribution is -0.412. The van der Waals surface area contributed by atoms with E-state index in [4.69, 9.17) is 42.6 Å². The maximum atomic E-state index is 12.5. The first-order chi connectivity index (χ1) is 33.3. The van der Waals surface area contributed by atoms with E-state index < -0.39 is 24.3 Å². The fraction of sp³-hybridized carbons (Fsp3) is 1.00. The molecule has 0 aromatic heterocycles. The SMILES string of the molecule is C.C.C.C.C.C.C.C.CC(C)CC(C)OC(C)C.CC(C)CCC(C)(C)OC(C)C.CC(C)OC(C)(C)OC(C)C.CC(C)OC(F)(F)OC(C)C.CC(C)OCCN(C)C(C)C.CC(C)OCCOC(C)C.CC(C)OCOC(C)C. The molecule has 0 N–H and O–H groups in total. The number of ether oxygens (including phenoxy) is 11. The number of hydrogen-bond donors (Lipinski definition) is 0. The van der Waals surface area contributed by atoms with Crippen molar-refractivity contribution in [3.63, 3.8) is 0 Å². The number of likely N-dealkylation sites (N-methyl/N-ethyl adjacent to an activating group) is 1. The number of rotatable bonds is 31. The van der Waals surface area contributed by atoms with Crippen molar-refractivity contribution >= 4 is 0 Å². The number of halogens is 2. The minimum absolute atomic E-state index is 0. The first kappa shape index (κ1) is 119. The molecule has 0 spiro atoms. The zero-order chi connectivity index (χ0) is 60.2. The fourth-order valence-corrected chi connectivity index (χ4v) is 5.83. The molecule has 0 aromatic rings.